The van der Waals surface area contributed by atoms with Gasteiger partial charge in [0, 0.05) is 41.7 Å². The number of pyridine rings is 1. The lowest BCUT2D eigenvalue weighted by Gasteiger charge is -2.37. The van der Waals surface area contributed by atoms with E-state index in [9.17, 15) is 0 Å². The fourth-order valence-electron chi connectivity index (χ4n) is 5.41. The molecule has 5 rings (SSSR count). The first-order valence-corrected chi connectivity index (χ1v) is 13.1. The summed E-state index contributed by atoms with van der Waals surface area (Å²) in [5.41, 5.74) is 7.88. The minimum atomic E-state index is 0.229. The van der Waals surface area contributed by atoms with Crippen LogP contribution in [0.4, 0.5) is 5.69 Å². The highest BCUT2D eigenvalue weighted by Gasteiger charge is 2.23. The Hall–Kier alpha value is -3.08. The van der Waals surface area contributed by atoms with Gasteiger partial charge in [-0.1, -0.05) is 54.1 Å². The molecule has 1 fully saturated rings. The molecule has 0 spiro atoms. The summed E-state index contributed by atoms with van der Waals surface area (Å²) < 4.78 is 12.0. The van der Waals surface area contributed by atoms with E-state index >= 15 is 0 Å². The van der Waals surface area contributed by atoms with Gasteiger partial charge in [-0.15, -0.1) is 0 Å². The van der Waals surface area contributed by atoms with Crippen molar-refractivity contribution >= 4 is 28.6 Å². The van der Waals surface area contributed by atoms with Crippen LogP contribution in [0.5, 0.6) is 0 Å². The number of ether oxygens (including phenoxy) is 2. The Balaban J connectivity index is 1.59. The predicted octanol–water partition coefficient (Wildman–Crippen LogP) is 7.42. The number of benzene rings is 2. The van der Waals surface area contributed by atoms with Gasteiger partial charge in [-0.25, -0.2) is 4.98 Å². The van der Waals surface area contributed by atoms with Crippen molar-refractivity contribution in [3.05, 3.63) is 94.8 Å². The van der Waals surface area contributed by atoms with Crippen LogP contribution in [0.3, 0.4) is 0 Å². The molecule has 2 heterocycles. The van der Waals surface area contributed by atoms with E-state index in [-0.39, 0.29) is 12.2 Å². The normalized spacial score (nSPS) is 23.3. The molecule has 0 N–H and O–H groups in total. The molecule has 5 heteroatoms. The molecule has 36 heavy (non-hydrogen) atoms. The molecule has 0 saturated carbocycles. The minimum Gasteiger partial charge on any atom is -0.495 e. The number of hydrogen-bond donors (Lipinski definition) is 0. The molecule has 2 atom stereocenters. The lowest BCUT2D eigenvalue weighted by molar-refractivity contribution is -0.00521. The topological polar surface area (TPSA) is 34.6 Å². The molecular weight excluding hydrogens is 468 g/mol. The zero-order valence-corrected chi connectivity index (χ0v) is 22.0. The first-order valence-electron chi connectivity index (χ1n) is 12.7. The molecule has 0 radical (unpaired) electrons. The van der Waals surface area contributed by atoms with Crippen LogP contribution >= 0.6 is 11.6 Å². The third-order valence-corrected chi connectivity index (χ3v) is 7.26. The zero-order valence-electron chi connectivity index (χ0n) is 21.2. The Kier molecular flexibility index (Phi) is 7.45. The Labute approximate surface area is 219 Å². The highest BCUT2D eigenvalue weighted by molar-refractivity contribution is 6.32. The van der Waals surface area contributed by atoms with E-state index in [2.05, 4.69) is 78.3 Å². The van der Waals surface area contributed by atoms with Crippen LogP contribution in [0.2, 0.25) is 5.15 Å². The number of aromatic nitrogens is 1. The molecule has 1 aliphatic carbocycles. The summed E-state index contributed by atoms with van der Waals surface area (Å²) in [4.78, 5) is 6.73. The van der Waals surface area contributed by atoms with Crippen molar-refractivity contribution in [2.24, 2.45) is 0 Å². The van der Waals surface area contributed by atoms with E-state index in [0.29, 0.717) is 5.15 Å². The number of anilines is 1. The van der Waals surface area contributed by atoms with Crippen molar-refractivity contribution in [1.29, 1.82) is 0 Å². The van der Waals surface area contributed by atoms with Crippen LogP contribution in [0, 0.1) is 0 Å². The smallest absolute Gasteiger partial charge is 0.136 e. The Bertz CT molecular complexity index is 1270. The van der Waals surface area contributed by atoms with Gasteiger partial charge in [0.2, 0.25) is 0 Å². The zero-order chi connectivity index (χ0) is 25.1. The average Bonchev–Trinajstić information content (AvgIpc) is 2.97. The maximum absolute atomic E-state index is 6.52. The summed E-state index contributed by atoms with van der Waals surface area (Å²) in [6.45, 7) is 6.09. The van der Waals surface area contributed by atoms with Crippen molar-refractivity contribution in [2.45, 2.75) is 45.3 Å². The highest BCUT2D eigenvalue weighted by atomic mass is 35.5. The molecule has 1 aliphatic heterocycles. The number of morpholine rings is 1. The van der Waals surface area contributed by atoms with Gasteiger partial charge in [0.25, 0.3) is 0 Å². The number of methoxy groups -OCH3 is 1. The number of fused-ring (bicyclic) bond motifs is 1. The molecule has 2 aliphatic rings. The molecule has 3 aromatic rings. The van der Waals surface area contributed by atoms with Crippen molar-refractivity contribution in [1.82, 2.24) is 4.98 Å². The van der Waals surface area contributed by atoms with Crippen molar-refractivity contribution in [3.63, 3.8) is 0 Å². The molecule has 1 saturated heterocycles. The largest absolute Gasteiger partial charge is 0.495 e. The van der Waals surface area contributed by atoms with Gasteiger partial charge in [-0.2, -0.15) is 0 Å². The quantitative estimate of drug-likeness (QED) is 0.349. The number of allylic oxidation sites excluding steroid dienone is 3. The summed E-state index contributed by atoms with van der Waals surface area (Å²) in [7, 11) is 1.76. The molecule has 4 nitrogen and oxygen atoms in total. The maximum atomic E-state index is 6.52. The SMILES string of the molecule is CO/C1=C(c2ccc(N3C[C@@H](C)O[C@@H](C)C3)cc2)/C=C\CCCc2c1cccc2-c1cccnc1Cl. The van der Waals surface area contributed by atoms with Crippen molar-refractivity contribution in [2.75, 3.05) is 25.1 Å². The number of hydrogen-bond acceptors (Lipinski definition) is 4. The van der Waals surface area contributed by atoms with E-state index in [1.54, 1.807) is 13.3 Å². The maximum Gasteiger partial charge on any atom is 0.136 e. The van der Waals surface area contributed by atoms with Gasteiger partial charge in [0.05, 0.1) is 19.3 Å². The van der Waals surface area contributed by atoms with Gasteiger partial charge in [0.15, 0.2) is 0 Å². The number of halogens is 1. The molecule has 1 aromatic heterocycles. The molecule has 186 valence electrons. The highest BCUT2D eigenvalue weighted by Crippen LogP contribution is 2.38. The average molecular weight is 501 g/mol. The van der Waals surface area contributed by atoms with Crippen LogP contribution in [-0.2, 0) is 15.9 Å². The predicted molar refractivity (Wildman–Crippen MR) is 149 cm³/mol. The second-order valence-corrected chi connectivity index (χ2v) is 9.98. The standard InChI is InChI=1S/C31H33ClN2O2/c1-21-19-34(20-22(2)36-21)24-16-14-23(15-17-24)25-9-5-4-6-10-26-27(29-13-8-18-33-31(29)32)11-7-12-28(26)30(25)35-3/h5,7-9,11-18,21-22H,4,6,10,19-20H2,1-3H3/b9-5-,30-25-/t21-,22+. The van der Waals surface area contributed by atoms with E-state index in [4.69, 9.17) is 21.1 Å². The van der Waals surface area contributed by atoms with Gasteiger partial charge in [-0.05, 0) is 74.1 Å². The molecule has 0 amide bonds. The fourth-order valence-corrected chi connectivity index (χ4v) is 5.64. The number of nitrogens with zero attached hydrogens (tertiary/aromatic N) is 2. The molecule has 2 aromatic carbocycles. The Morgan fingerprint density at radius 3 is 2.39 bits per heavy atom. The monoisotopic (exact) mass is 500 g/mol. The van der Waals surface area contributed by atoms with Crippen LogP contribution in [0.15, 0.2) is 72.9 Å². The van der Waals surface area contributed by atoms with Gasteiger partial charge in [-0.3, -0.25) is 0 Å². The van der Waals surface area contributed by atoms with Crippen LogP contribution in [0.1, 0.15) is 43.4 Å². The van der Waals surface area contributed by atoms with Crippen LogP contribution < -0.4 is 4.90 Å². The van der Waals surface area contributed by atoms with Gasteiger partial charge >= 0.3 is 0 Å². The third-order valence-electron chi connectivity index (χ3n) is 6.96. The van der Waals surface area contributed by atoms with E-state index < -0.39 is 0 Å². The van der Waals surface area contributed by atoms with Crippen molar-refractivity contribution in [3.8, 4) is 11.1 Å². The molecule has 0 bridgehead atoms. The second kappa shape index (κ2) is 10.9. The van der Waals surface area contributed by atoms with Crippen molar-refractivity contribution < 1.29 is 9.47 Å². The van der Waals surface area contributed by atoms with Gasteiger partial charge < -0.3 is 14.4 Å². The second-order valence-electron chi connectivity index (χ2n) is 9.62. The fraction of sp³-hybridized carbons (Fsp3) is 0.323. The lowest BCUT2D eigenvalue weighted by Crippen LogP contribution is -2.45. The Morgan fingerprint density at radius 1 is 0.944 bits per heavy atom. The lowest BCUT2D eigenvalue weighted by atomic mass is 9.90. The third kappa shape index (κ3) is 5.07. The summed E-state index contributed by atoms with van der Waals surface area (Å²) in [6, 6.07) is 19.2. The van der Waals surface area contributed by atoms with Crippen LogP contribution in [-0.4, -0.2) is 37.4 Å². The molecule has 0 unspecified atom stereocenters. The van der Waals surface area contributed by atoms with Crippen LogP contribution in [0.25, 0.3) is 22.5 Å². The summed E-state index contributed by atoms with van der Waals surface area (Å²) in [5, 5.41) is 0.523. The summed E-state index contributed by atoms with van der Waals surface area (Å²) >= 11 is 6.52. The minimum absolute atomic E-state index is 0.229. The summed E-state index contributed by atoms with van der Waals surface area (Å²) in [5.74, 6) is 0.881. The number of rotatable bonds is 4. The van der Waals surface area contributed by atoms with E-state index in [1.165, 1.54) is 11.3 Å². The first-order chi connectivity index (χ1) is 17.5. The summed E-state index contributed by atoms with van der Waals surface area (Å²) in [6.07, 6.45) is 9.65. The van der Waals surface area contributed by atoms with E-state index in [0.717, 1.165) is 65.9 Å². The first kappa shape index (κ1) is 24.6. The van der Waals surface area contributed by atoms with E-state index in [1.807, 2.05) is 12.1 Å². The Morgan fingerprint density at radius 2 is 1.67 bits per heavy atom. The van der Waals surface area contributed by atoms with Gasteiger partial charge in [0.1, 0.15) is 10.9 Å². The molecular formula is C31H33ClN2O2.